The van der Waals surface area contributed by atoms with Crippen molar-refractivity contribution >= 4 is 29.9 Å². The molecule has 1 aromatic carbocycles. The number of aromatic nitrogens is 3. The number of rotatable bonds is 8. The summed E-state index contributed by atoms with van der Waals surface area (Å²) in [5.74, 6) is 3.22. The molecule has 0 saturated heterocycles. The summed E-state index contributed by atoms with van der Waals surface area (Å²) >= 11 is 0. The summed E-state index contributed by atoms with van der Waals surface area (Å²) in [7, 11) is 5.19. The lowest BCUT2D eigenvalue weighted by Gasteiger charge is -2.13. The zero-order valence-electron chi connectivity index (χ0n) is 15.7. The number of nitrogens with one attached hydrogen (secondary N) is 2. The molecule has 0 atom stereocenters. The molecular weight excluding hydrogens is 447 g/mol. The number of hydrogen-bond donors (Lipinski definition) is 2. The van der Waals surface area contributed by atoms with Gasteiger partial charge in [0, 0.05) is 20.1 Å². The van der Waals surface area contributed by atoms with E-state index in [2.05, 4.69) is 25.7 Å². The van der Waals surface area contributed by atoms with Crippen molar-refractivity contribution in [2.75, 3.05) is 27.3 Å². The lowest BCUT2D eigenvalue weighted by molar-refractivity contribution is 0.398. The fraction of sp³-hybridized carbons (Fsp3) is 0.471. The van der Waals surface area contributed by atoms with Gasteiger partial charge in [-0.15, -0.1) is 24.0 Å². The number of benzene rings is 1. The smallest absolute Gasteiger partial charge is 0.191 e. The highest BCUT2D eigenvalue weighted by Crippen LogP contribution is 2.24. The number of aliphatic imine (C=N–C) groups is 1. The molecule has 9 heteroatoms. The van der Waals surface area contributed by atoms with Crippen molar-refractivity contribution in [3.63, 3.8) is 0 Å². The molecule has 0 saturated carbocycles. The number of methoxy groups -OCH3 is 2. The number of nitrogens with zero attached hydrogens (tertiary/aromatic N) is 4. The predicted molar refractivity (Wildman–Crippen MR) is 112 cm³/mol. The third kappa shape index (κ3) is 6.36. The first-order chi connectivity index (χ1) is 12.2. The summed E-state index contributed by atoms with van der Waals surface area (Å²) in [6.45, 7) is 4.00. The van der Waals surface area contributed by atoms with Gasteiger partial charge in [0.15, 0.2) is 5.96 Å². The summed E-state index contributed by atoms with van der Waals surface area (Å²) < 4.78 is 12.4. The SMILES string of the molecule is CCNC(=NCc1ncnn1C)NCCc1cc(OC)ccc1OC.I. The van der Waals surface area contributed by atoms with E-state index in [1.54, 1.807) is 18.9 Å². The van der Waals surface area contributed by atoms with Gasteiger partial charge in [0.1, 0.15) is 30.2 Å². The molecule has 0 radical (unpaired) electrons. The van der Waals surface area contributed by atoms with E-state index in [1.165, 1.54) is 6.33 Å². The van der Waals surface area contributed by atoms with Crippen molar-refractivity contribution in [1.29, 1.82) is 0 Å². The standard InChI is InChI=1S/C17H26N6O2.HI/c1-5-18-17(20-11-16-21-12-22-23(16)2)19-9-8-13-10-14(24-3)6-7-15(13)25-4;/h6-7,10,12H,5,8-9,11H2,1-4H3,(H2,18,19,20);1H. The first kappa shape index (κ1) is 22.0. The van der Waals surface area contributed by atoms with E-state index in [9.17, 15) is 0 Å². The second-order valence-electron chi connectivity index (χ2n) is 5.35. The van der Waals surface area contributed by atoms with Crippen LogP contribution in [0.4, 0.5) is 0 Å². The van der Waals surface area contributed by atoms with E-state index in [1.807, 2.05) is 32.2 Å². The van der Waals surface area contributed by atoms with Gasteiger partial charge in [0.2, 0.25) is 0 Å². The van der Waals surface area contributed by atoms with Crippen molar-refractivity contribution in [2.45, 2.75) is 19.9 Å². The topological polar surface area (TPSA) is 85.6 Å². The van der Waals surface area contributed by atoms with Crippen LogP contribution in [0.5, 0.6) is 11.5 Å². The molecule has 0 bridgehead atoms. The Morgan fingerprint density at radius 1 is 1.23 bits per heavy atom. The van der Waals surface area contributed by atoms with E-state index in [4.69, 9.17) is 9.47 Å². The maximum Gasteiger partial charge on any atom is 0.191 e. The minimum Gasteiger partial charge on any atom is -0.497 e. The van der Waals surface area contributed by atoms with Crippen LogP contribution in [0.1, 0.15) is 18.3 Å². The zero-order valence-corrected chi connectivity index (χ0v) is 18.0. The first-order valence-electron chi connectivity index (χ1n) is 8.23. The van der Waals surface area contributed by atoms with Gasteiger partial charge in [-0.2, -0.15) is 5.10 Å². The Hall–Kier alpha value is -2.04. The molecule has 0 spiro atoms. The van der Waals surface area contributed by atoms with Gasteiger partial charge in [-0.3, -0.25) is 4.68 Å². The average Bonchev–Trinajstić information content (AvgIpc) is 3.04. The normalized spacial score (nSPS) is 10.8. The monoisotopic (exact) mass is 474 g/mol. The van der Waals surface area contributed by atoms with Crippen molar-refractivity contribution in [3.05, 3.63) is 35.9 Å². The van der Waals surface area contributed by atoms with Crippen LogP contribution in [0.2, 0.25) is 0 Å². The Morgan fingerprint density at radius 3 is 2.65 bits per heavy atom. The molecule has 2 rings (SSSR count). The van der Waals surface area contributed by atoms with Crippen LogP contribution in [0.15, 0.2) is 29.5 Å². The van der Waals surface area contributed by atoms with Crippen molar-refractivity contribution in [2.24, 2.45) is 12.0 Å². The quantitative estimate of drug-likeness (QED) is 0.345. The van der Waals surface area contributed by atoms with Gasteiger partial charge in [0.25, 0.3) is 0 Å². The Morgan fingerprint density at radius 2 is 2.04 bits per heavy atom. The zero-order chi connectivity index (χ0) is 18.1. The van der Waals surface area contributed by atoms with Gasteiger partial charge in [-0.1, -0.05) is 0 Å². The lowest BCUT2D eigenvalue weighted by Crippen LogP contribution is -2.38. The van der Waals surface area contributed by atoms with Crippen molar-refractivity contribution < 1.29 is 9.47 Å². The lowest BCUT2D eigenvalue weighted by atomic mass is 10.1. The van der Waals surface area contributed by atoms with Gasteiger partial charge in [-0.25, -0.2) is 9.98 Å². The molecule has 2 aromatic rings. The Labute approximate surface area is 171 Å². The number of halogens is 1. The highest BCUT2D eigenvalue weighted by atomic mass is 127. The Kier molecular flexibility index (Phi) is 9.78. The van der Waals surface area contributed by atoms with E-state index < -0.39 is 0 Å². The minimum atomic E-state index is 0. The van der Waals surface area contributed by atoms with Gasteiger partial charge in [0.05, 0.1) is 14.2 Å². The molecule has 8 nitrogen and oxygen atoms in total. The maximum absolute atomic E-state index is 5.41. The second kappa shape index (κ2) is 11.6. The van der Waals surface area contributed by atoms with Crippen LogP contribution in [0.3, 0.4) is 0 Å². The molecule has 0 fully saturated rings. The summed E-state index contributed by atoms with van der Waals surface area (Å²) in [5.41, 5.74) is 1.08. The fourth-order valence-electron chi connectivity index (χ4n) is 2.35. The predicted octanol–water partition coefficient (Wildman–Crippen LogP) is 1.75. The van der Waals surface area contributed by atoms with Crippen LogP contribution in [-0.4, -0.2) is 48.0 Å². The molecule has 1 aromatic heterocycles. The van der Waals surface area contributed by atoms with Crippen LogP contribution >= 0.6 is 24.0 Å². The largest absolute Gasteiger partial charge is 0.497 e. The first-order valence-corrected chi connectivity index (χ1v) is 8.23. The third-order valence-corrected chi connectivity index (χ3v) is 3.70. The van der Waals surface area contributed by atoms with Crippen molar-refractivity contribution in [1.82, 2.24) is 25.4 Å². The number of guanidine groups is 1. The number of ether oxygens (including phenoxy) is 2. The third-order valence-electron chi connectivity index (χ3n) is 3.70. The molecule has 0 aliphatic carbocycles. The maximum atomic E-state index is 5.41. The summed E-state index contributed by atoms with van der Waals surface area (Å²) in [6.07, 6.45) is 2.31. The van der Waals surface area contributed by atoms with Crippen LogP contribution < -0.4 is 20.1 Å². The van der Waals surface area contributed by atoms with Crippen LogP contribution in [0.25, 0.3) is 0 Å². The highest BCUT2D eigenvalue weighted by Gasteiger charge is 2.06. The van der Waals surface area contributed by atoms with E-state index in [-0.39, 0.29) is 24.0 Å². The molecule has 0 aliphatic heterocycles. The van der Waals surface area contributed by atoms with Gasteiger partial charge < -0.3 is 20.1 Å². The molecule has 26 heavy (non-hydrogen) atoms. The molecule has 2 N–H and O–H groups in total. The van der Waals surface area contributed by atoms with Gasteiger partial charge in [-0.05, 0) is 37.1 Å². The van der Waals surface area contributed by atoms with Crippen LogP contribution in [0, 0.1) is 0 Å². The van der Waals surface area contributed by atoms with Gasteiger partial charge >= 0.3 is 0 Å². The summed E-state index contributed by atoms with van der Waals surface area (Å²) in [5, 5.41) is 10.6. The average molecular weight is 474 g/mol. The molecule has 1 heterocycles. The fourth-order valence-corrected chi connectivity index (χ4v) is 2.35. The van der Waals surface area contributed by atoms with Crippen LogP contribution in [-0.2, 0) is 20.0 Å². The highest BCUT2D eigenvalue weighted by molar-refractivity contribution is 14.0. The molecule has 0 unspecified atom stereocenters. The summed E-state index contributed by atoms with van der Waals surface area (Å²) in [4.78, 5) is 8.72. The van der Waals surface area contributed by atoms with E-state index in [0.717, 1.165) is 41.8 Å². The Balaban J connectivity index is 0.00000338. The second-order valence-corrected chi connectivity index (χ2v) is 5.35. The van der Waals surface area contributed by atoms with E-state index in [0.29, 0.717) is 13.1 Å². The molecule has 0 amide bonds. The molecular formula is C17H27IN6O2. The minimum absolute atomic E-state index is 0. The summed E-state index contributed by atoms with van der Waals surface area (Å²) in [6, 6.07) is 5.80. The number of aryl methyl sites for hydroxylation is 1. The molecule has 144 valence electrons. The van der Waals surface area contributed by atoms with E-state index >= 15 is 0 Å². The van der Waals surface area contributed by atoms with Crippen molar-refractivity contribution in [3.8, 4) is 11.5 Å². The number of hydrogen-bond acceptors (Lipinski definition) is 5. The Bertz CT molecular complexity index is 704. The molecule has 0 aliphatic rings.